The Morgan fingerprint density at radius 2 is 1.94 bits per heavy atom. The molecule has 2 fully saturated rings. The van der Waals surface area contributed by atoms with E-state index in [-0.39, 0.29) is 12.3 Å². The zero-order valence-electron chi connectivity index (χ0n) is 10.6. The van der Waals surface area contributed by atoms with Gasteiger partial charge in [0, 0.05) is 13.0 Å². The lowest BCUT2D eigenvalue weighted by molar-refractivity contribution is -0.149. The van der Waals surface area contributed by atoms with Gasteiger partial charge in [-0.15, -0.1) is 0 Å². The molecule has 0 unspecified atom stereocenters. The van der Waals surface area contributed by atoms with Gasteiger partial charge in [-0.25, -0.2) is 0 Å². The number of carboxylic acid groups (broad SMARTS) is 1. The number of hydrogen-bond donors (Lipinski definition) is 2. The van der Waals surface area contributed by atoms with Crippen LogP contribution in [-0.4, -0.2) is 23.5 Å². The lowest BCUT2D eigenvalue weighted by Crippen LogP contribution is -2.36. The number of carboxylic acids is 1. The molecule has 0 atom stereocenters. The molecule has 0 heterocycles. The number of carbonyl (C=O) groups is 2. The summed E-state index contributed by atoms with van der Waals surface area (Å²) in [5, 5.41) is 11.9. The summed E-state index contributed by atoms with van der Waals surface area (Å²) in [7, 11) is 0. The van der Waals surface area contributed by atoms with Crippen molar-refractivity contribution >= 4 is 11.9 Å². The minimum absolute atomic E-state index is 0.0586. The Morgan fingerprint density at radius 1 is 1.35 bits per heavy atom. The average molecular weight is 239 g/mol. The molecule has 2 aliphatic rings. The van der Waals surface area contributed by atoms with E-state index < -0.39 is 11.4 Å². The van der Waals surface area contributed by atoms with Gasteiger partial charge >= 0.3 is 5.97 Å². The summed E-state index contributed by atoms with van der Waals surface area (Å²) >= 11 is 0. The number of aliphatic carboxylic acids is 1. The van der Waals surface area contributed by atoms with Gasteiger partial charge in [-0.3, -0.25) is 9.59 Å². The number of nitrogens with one attached hydrogen (secondary N) is 1. The summed E-state index contributed by atoms with van der Waals surface area (Å²) in [6.07, 6.45) is 5.11. The third-order valence-electron chi connectivity index (χ3n) is 4.15. The summed E-state index contributed by atoms with van der Waals surface area (Å²) in [6.45, 7) is 3.91. The van der Waals surface area contributed by atoms with Crippen molar-refractivity contribution in [2.45, 2.75) is 46.0 Å². The molecule has 2 aliphatic carbocycles. The van der Waals surface area contributed by atoms with Crippen molar-refractivity contribution in [3.05, 3.63) is 0 Å². The van der Waals surface area contributed by atoms with Crippen LogP contribution in [0.15, 0.2) is 0 Å². The molecule has 0 bridgehead atoms. The number of carbonyl (C=O) groups excluding carboxylic acids is 1. The van der Waals surface area contributed by atoms with Crippen molar-refractivity contribution in [1.29, 1.82) is 0 Å². The first-order valence-electron chi connectivity index (χ1n) is 6.36. The normalized spacial score (nSPS) is 22.0. The van der Waals surface area contributed by atoms with Gasteiger partial charge in [0.15, 0.2) is 0 Å². The van der Waals surface area contributed by atoms with Gasteiger partial charge < -0.3 is 10.4 Å². The van der Waals surface area contributed by atoms with Crippen molar-refractivity contribution in [3.63, 3.8) is 0 Å². The van der Waals surface area contributed by atoms with Crippen LogP contribution in [0.3, 0.4) is 0 Å². The summed E-state index contributed by atoms with van der Waals surface area (Å²) in [5.41, 5.74) is -0.594. The number of rotatable bonds is 6. The van der Waals surface area contributed by atoms with E-state index in [1.54, 1.807) is 13.8 Å². The molecule has 0 spiro atoms. The van der Waals surface area contributed by atoms with Crippen LogP contribution in [0.1, 0.15) is 46.0 Å². The molecule has 0 aromatic rings. The average Bonchev–Trinajstić information content (AvgIpc) is 3.07. The van der Waals surface area contributed by atoms with Gasteiger partial charge in [0.25, 0.3) is 0 Å². The Balaban J connectivity index is 1.76. The fourth-order valence-corrected chi connectivity index (χ4v) is 2.40. The monoisotopic (exact) mass is 239 g/mol. The second-order valence-corrected chi connectivity index (χ2v) is 6.28. The molecule has 2 rings (SSSR count). The number of amides is 1. The van der Waals surface area contributed by atoms with Crippen LogP contribution in [0.25, 0.3) is 0 Å². The maximum atomic E-state index is 11.7. The molecule has 0 aromatic heterocycles. The molecule has 0 radical (unpaired) electrons. The first-order chi connectivity index (χ1) is 7.86. The molecule has 1 amide bonds. The first-order valence-corrected chi connectivity index (χ1v) is 6.36. The summed E-state index contributed by atoms with van der Waals surface area (Å²) in [5.74, 6) is -0.240. The van der Waals surface area contributed by atoms with E-state index in [1.807, 2.05) is 0 Å². The highest BCUT2D eigenvalue weighted by Crippen LogP contribution is 2.60. The molecule has 0 saturated heterocycles. The fraction of sp³-hybridized carbons (Fsp3) is 0.846. The quantitative estimate of drug-likeness (QED) is 0.742. The zero-order valence-corrected chi connectivity index (χ0v) is 10.6. The summed E-state index contributed by atoms with van der Waals surface area (Å²) in [6, 6.07) is 0. The maximum absolute atomic E-state index is 11.7. The van der Waals surface area contributed by atoms with E-state index in [4.69, 9.17) is 5.11 Å². The van der Waals surface area contributed by atoms with Crippen molar-refractivity contribution in [2.75, 3.05) is 6.54 Å². The highest BCUT2D eigenvalue weighted by Gasteiger charge is 2.53. The smallest absolute Gasteiger partial charge is 0.309 e. The van der Waals surface area contributed by atoms with E-state index in [1.165, 1.54) is 25.7 Å². The lowest BCUT2D eigenvalue weighted by Gasteiger charge is -2.20. The summed E-state index contributed by atoms with van der Waals surface area (Å²) in [4.78, 5) is 22.6. The van der Waals surface area contributed by atoms with Crippen LogP contribution in [0.2, 0.25) is 0 Å². The largest absolute Gasteiger partial charge is 0.481 e. The highest BCUT2D eigenvalue weighted by atomic mass is 16.4. The van der Waals surface area contributed by atoms with Crippen LogP contribution in [-0.2, 0) is 9.59 Å². The molecule has 0 aromatic carbocycles. The van der Waals surface area contributed by atoms with Crippen LogP contribution < -0.4 is 5.32 Å². The van der Waals surface area contributed by atoms with Crippen molar-refractivity contribution in [3.8, 4) is 0 Å². The highest BCUT2D eigenvalue weighted by molar-refractivity contribution is 5.84. The molecule has 4 heteroatoms. The van der Waals surface area contributed by atoms with E-state index in [2.05, 4.69) is 5.32 Å². The number of hydrogen-bond acceptors (Lipinski definition) is 2. The predicted molar refractivity (Wildman–Crippen MR) is 63.4 cm³/mol. The SMILES string of the molecule is CC(C)(CC(=O)NCC1(C2CC2)CC1)C(=O)O. The van der Waals surface area contributed by atoms with Gasteiger partial charge in [-0.05, 0) is 50.9 Å². The van der Waals surface area contributed by atoms with Gasteiger partial charge in [0.2, 0.25) is 5.91 Å². The lowest BCUT2D eigenvalue weighted by atomic mass is 9.89. The molecule has 0 aliphatic heterocycles. The van der Waals surface area contributed by atoms with Crippen molar-refractivity contribution < 1.29 is 14.7 Å². The molecule has 4 nitrogen and oxygen atoms in total. The Labute approximate surface area is 102 Å². The fourth-order valence-electron chi connectivity index (χ4n) is 2.40. The van der Waals surface area contributed by atoms with Crippen LogP contribution in [0, 0.1) is 16.7 Å². The summed E-state index contributed by atoms with van der Waals surface area (Å²) < 4.78 is 0. The third kappa shape index (κ3) is 2.79. The first kappa shape index (κ1) is 12.4. The predicted octanol–water partition coefficient (Wildman–Crippen LogP) is 1.79. The van der Waals surface area contributed by atoms with Gasteiger partial charge in [0.1, 0.15) is 0 Å². The molecular formula is C13H21NO3. The molecule has 96 valence electrons. The Bertz CT molecular complexity index is 341. The van der Waals surface area contributed by atoms with Crippen LogP contribution >= 0.6 is 0 Å². The van der Waals surface area contributed by atoms with Gasteiger partial charge in [0.05, 0.1) is 5.41 Å². The second kappa shape index (κ2) is 4.00. The minimum atomic E-state index is -0.972. The third-order valence-corrected chi connectivity index (χ3v) is 4.15. The zero-order chi connectivity index (χ0) is 12.7. The molecule has 2 saturated carbocycles. The molecule has 17 heavy (non-hydrogen) atoms. The van der Waals surface area contributed by atoms with E-state index in [0.717, 1.165) is 12.5 Å². The van der Waals surface area contributed by atoms with Gasteiger partial charge in [-0.1, -0.05) is 0 Å². The minimum Gasteiger partial charge on any atom is -0.481 e. The van der Waals surface area contributed by atoms with Crippen LogP contribution in [0.5, 0.6) is 0 Å². The van der Waals surface area contributed by atoms with E-state index in [9.17, 15) is 9.59 Å². The standard InChI is InChI=1S/C13H21NO3/c1-12(2,11(16)17)7-10(15)14-8-13(5-6-13)9-3-4-9/h9H,3-8H2,1-2H3,(H,14,15)(H,16,17). The Kier molecular flexibility index (Phi) is 2.92. The Hall–Kier alpha value is -1.06. The molecular weight excluding hydrogens is 218 g/mol. The van der Waals surface area contributed by atoms with Crippen molar-refractivity contribution in [2.24, 2.45) is 16.7 Å². The van der Waals surface area contributed by atoms with E-state index in [0.29, 0.717) is 5.41 Å². The topological polar surface area (TPSA) is 66.4 Å². The molecule has 2 N–H and O–H groups in total. The Morgan fingerprint density at radius 3 is 2.35 bits per heavy atom. The van der Waals surface area contributed by atoms with Gasteiger partial charge in [-0.2, -0.15) is 0 Å². The van der Waals surface area contributed by atoms with Crippen molar-refractivity contribution in [1.82, 2.24) is 5.32 Å². The second-order valence-electron chi connectivity index (χ2n) is 6.28. The van der Waals surface area contributed by atoms with E-state index >= 15 is 0 Å². The maximum Gasteiger partial charge on any atom is 0.309 e. The van der Waals surface area contributed by atoms with Crippen LogP contribution in [0.4, 0.5) is 0 Å².